The fourth-order valence-electron chi connectivity index (χ4n) is 3.10. The van der Waals surface area contributed by atoms with E-state index >= 15 is 0 Å². The molecular weight excluding hydrogens is 420 g/mol. The molecule has 0 saturated heterocycles. The van der Waals surface area contributed by atoms with E-state index in [9.17, 15) is 9.59 Å². The predicted molar refractivity (Wildman–Crippen MR) is 128 cm³/mol. The standard InChI is InChI=1S/C25H36N4O4/c1-18-14-19(17-28-24(31)33-25(2,3)4)15-22(29-18)32-21-11-9-10-20(16-21)23(30)27-13-8-6-5-7-12-26/h9-11,14-16H,5-8,12-13,17,26H2,1-4H3,(H,27,30)(H,28,31). The number of unbranched alkanes of at least 4 members (excludes halogenated alkanes) is 3. The van der Waals surface area contributed by atoms with Gasteiger partial charge in [-0.25, -0.2) is 9.78 Å². The second-order valence-corrected chi connectivity index (χ2v) is 8.90. The number of alkyl carbamates (subject to hydrolysis) is 1. The highest BCUT2D eigenvalue weighted by Crippen LogP contribution is 2.22. The normalized spacial score (nSPS) is 11.1. The maximum absolute atomic E-state index is 12.4. The molecule has 0 aliphatic rings. The zero-order valence-electron chi connectivity index (χ0n) is 20.1. The van der Waals surface area contributed by atoms with Gasteiger partial charge < -0.3 is 25.8 Å². The summed E-state index contributed by atoms with van der Waals surface area (Å²) in [6, 6.07) is 10.6. The van der Waals surface area contributed by atoms with E-state index in [4.69, 9.17) is 15.2 Å². The number of aryl methyl sites for hydroxylation is 1. The molecule has 2 rings (SSSR count). The van der Waals surface area contributed by atoms with E-state index in [1.54, 1.807) is 30.3 Å². The van der Waals surface area contributed by atoms with Crippen molar-refractivity contribution in [2.24, 2.45) is 5.73 Å². The van der Waals surface area contributed by atoms with Crippen LogP contribution in [0.2, 0.25) is 0 Å². The Hall–Kier alpha value is -3.13. The summed E-state index contributed by atoms with van der Waals surface area (Å²) in [5, 5.41) is 5.66. The van der Waals surface area contributed by atoms with Crippen molar-refractivity contribution in [3.63, 3.8) is 0 Å². The van der Waals surface area contributed by atoms with E-state index in [0.29, 0.717) is 30.3 Å². The summed E-state index contributed by atoms with van der Waals surface area (Å²) >= 11 is 0. The van der Waals surface area contributed by atoms with E-state index < -0.39 is 11.7 Å². The maximum Gasteiger partial charge on any atom is 0.407 e. The minimum absolute atomic E-state index is 0.140. The number of aromatic nitrogens is 1. The molecular formula is C25H36N4O4. The summed E-state index contributed by atoms with van der Waals surface area (Å²) in [6.07, 6.45) is 3.57. The van der Waals surface area contributed by atoms with Crippen LogP contribution in [0.3, 0.4) is 0 Å². The first-order valence-corrected chi connectivity index (χ1v) is 11.4. The molecule has 180 valence electrons. The summed E-state index contributed by atoms with van der Waals surface area (Å²) in [7, 11) is 0. The topological polar surface area (TPSA) is 116 Å². The molecule has 0 bridgehead atoms. The third-order valence-corrected chi connectivity index (χ3v) is 4.56. The minimum atomic E-state index is -0.561. The molecule has 0 saturated carbocycles. The number of nitrogens with two attached hydrogens (primary N) is 1. The lowest BCUT2D eigenvalue weighted by Crippen LogP contribution is -2.32. The van der Waals surface area contributed by atoms with Gasteiger partial charge in [-0.3, -0.25) is 4.79 Å². The van der Waals surface area contributed by atoms with Gasteiger partial charge in [0.2, 0.25) is 5.88 Å². The molecule has 0 fully saturated rings. The number of pyridine rings is 1. The molecule has 1 aromatic heterocycles. The lowest BCUT2D eigenvalue weighted by molar-refractivity contribution is 0.0523. The Kier molecular flexibility index (Phi) is 10.1. The van der Waals surface area contributed by atoms with Crippen molar-refractivity contribution in [1.82, 2.24) is 15.6 Å². The number of carbonyl (C=O) groups is 2. The third-order valence-electron chi connectivity index (χ3n) is 4.56. The number of nitrogens with zero attached hydrogens (tertiary/aromatic N) is 1. The lowest BCUT2D eigenvalue weighted by atomic mass is 10.1. The van der Waals surface area contributed by atoms with Crippen LogP contribution in [-0.2, 0) is 11.3 Å². The van der Waals surface area contributed by atoms with Crippen LogP contribution in [0.4, 0.5) is 4.79 Å². The van der Waals surface area contributed by atoms with E-state index in [1.807, 2.05) is 33.8 Å². The molecule has 0 atom stereocenters. The SMILES string of the molecule is Cc1cc(CNC(=O)OC(C)(C)C)cc(Oc2cccc(C(=O)NCCCCCCN)c2)n1. The van der Waals surface area contributed by atoms with Crippen LogP contribution in [0.25, 0.3) is 0 Å². The van der Waals surface area contributed by atoms with Gasteiger partial charge in [0.1, 0.15) is 11.4 Å². The lowest BCUT2D eigenvalue weighted by Gasteiger charge is -2.19. The van der Waals surface area contributed by atoms with E-state index in [1.165, 1.54) is 0 Å². The first kappa shape index (κ1) is 26.1. The quantitative estimate of drug-likeness (QED) is 0.430. The van der Waals surface area contributed by atoms with Gasteiger partial charge in [0.05, 0.1) is 0 Å². The Balaban J connectivity index is 1.94. The van der Waals surface area contributed by atoms with E-state index in [0.717, 1.165) is 36.9 Å². The van der Waals surface area contributed by atoms with Gasteiger partial charge in [0, 0.05) is 30.4 Å². The van der Waals surface area contributed by atoms with Gasteiger partial charge in [-0.2, -0.15) is 0 Å². The van der Waals surface area contributed by atoms with Crippen molar-refractivity contribution in [3.8, 4) is 11.6 Å². The van der Waals surface area contributed by atoms with Crippen LogP contribution >= 0.6 is 0 Å². The fraction of sp³-hybridized carbons (Fsp3) is 0.480. The van der Waals surface area contributed by atoms with Crippen LogP contribution in [0, 0.1) is 6.92 Å². The highest BCUT2D eigenvalue weighted by Gasteiger charge is 2.16. The summed E-state index contributed by atoms with van der Waals surface area (Å²) in [5.74, 6) is 0.752. The molecule has 1 heterocycles. The fourth-order valence-corrected chi connectivity index (χ4v) is 3.10. The van der Waals surface area contributed by atoms with Crippen LogP contribution < -0.4 is 21.1 Å². The van der Waals surface area contributed by atoms with Crippen molar-refractivity contribution < 1.29 is 19.1 Å². The van der Waals surface area contributed by atoms with Gasteiger partial charge in [-0.15, -0.1) is 0 Å². The number of ether oxygens (including phenoxy) is 2. The molecule has 0 aliphatic carbocycles. The summed E-state index contributed by atoms with van der Waals surface area (Å²) in [4.78, 5) is 28.8. The largest absolute Gasteiger partial charge is 0.444 e. The smallest absolute Gasteiger partial charge is 0.407 e. The molecule has 0 radical (unpaired) electrons. The maximum atomic E-state index is 12.4. The molecule has 2 aromatic rings. The predicted octanol–water partition coefficient (Wildman–Crippen LogP) is 4.46. The first-order valence-electron chi connectivity index (χ1n) is 11.4. The molecule has 8 nitrogen and oxygen atoms in total. The molecule has 0 unspecified atom stereocenters. The Labute approximate surface area is 196 Å². The Morgan fingerprint density at radius 2 is 1.79 bits per heavy atom. The highest BCUT2D eigenvalue weighted by atomic mass is 16.6. The second-order valence-electron chi connectivity index (χ2n) is 8.90. The zero-order valence-corrected chi connectivity index (χ0v) is 20.1. The minimum Gasteiger partial charge on any atom is -0.444 e. The van der Waals surface area contributed by atoms with E-state index in [-0.39, 0.29) is 12.5 Å². The van der Waals surface area contributed by atoms with Crippen molar-refractivity contribution in [2.45, 2.75) is 65.5 Å². The molecule has 0 spiro atoms. The number of nitrogens with one attached hydrogen (secondary N) is 2. The average Bonchev–Trinajstić information content (AvgIpc) is 2.73. The summed E-state index contributed by atoms with van der Waals surface area (Å²) < 4.78 is 11.2. The van der Waals surface area contributed by atoms with E-state index in [2.05, 4.69) is 15.6 Å². The van der Waals surface area contributed by atoms with Crippen molar-refractivity contribution in [3.05, 3.63) is 53.2 Å². The van der Waals surface area contributed by atoms with Crippen molar-refractivity contribution >= 4 is 12.0 Å². The van der Waals surface area contributed by atoms with Crippen LogP contribution in [0.15, 0.2) is 36.4 Å². The average molecular weight is 457 g/mol. The molecule has 0 aliphatic heterocycles. The van der Waals surface area contributed by atoms with Crippen molar-refractivity contribution in [1.29, 1.82) is 0 Å². The first-order chi connectivity index (χ1) is 15.7. The van der Waals surface area contributed by atoms with Gasteiger partial charge in [-0.05, 0) is 76.9 Å². The Morgan fingerprint density at radius 1 is 1.03 bits per heavy atom. The van der Waals surface area contributed by atoms with Crippen LogP contribution in [0.5, 0.6) is 11.6 Å². The number of amides is 2. The molecule has 8 heteroatoms. The van der Waals surface area contributed by atoms with Gasteiger partial charge in [-0.1, -0.05) is 18.9 Å². The van der Waals surface area contributed by atoms with Gasteiger partial charge >= 0.3 is 6.09 Å². The second kappa shape index (κ2) is 12.8. The summed E-state index contributed by atoms with van der Waals surface area (Å²) in [6.45, 7) is 8.90. The number of benzene rings is 1. The van der Waals surface area contributed by atoms with Gasteiger partial charge in [0.25, 0.3) is 5.91 Å². The Morgan fingerprint density at radius 3 is 2.52 bits per heavy atom. The van der Waals surface area contributed by atoms with Gasteiger partial charge in [0.15, 0.2) is 0 Å². The molecule has 1 aromatic carbocycles. The molecule has 33 heavy (non-hydrogen) atoms. The molecule has 2 amide bonds. The number of carbonyl (C=O) groups excluding carboxylic acids is 2. The third kappa shape index (κ3) is 10.4. The zero-order chi connectivity index (χ0) is 24.3. The molecule has 4 N–H and O–H groups in total. The van der Waals surface area contributed by atoms with Crippen LogP contribution in [-0.4, -0.2) is 35.7 Å². The number of hydrogen-bond acceptors (Lipinski definition) is 6. The number of rotatable bonds is 11. The van der Waals surface area contributed by atoms with Crippen molar-refractivity contribution in [2.75, 3.05) is 13.1 Å². The summed E-state index contributed by atoms with van der Waals surface area (Å²) in [5.41, 5.74) is 7.03. The Bertz CT molecular complexity index is 925. The number of hydrogen-bond donors (Lipinski definition) is 3. The van der Waals surface area contributed by atoms with Crippen LogP contribution in [0.1, 0.15) is 68.1 Å². The highest BCUT2D eigenvalue weighted by molar-refractivity contribution is 5.94. The monoisotopic (exact) mass is 456 g/mol.